The highest BCUT2D eigenvalue weighted by molar-refractivity contribution is 7.91. The number of rotatable bonds is 5. The zero-order valence-electron chi connectivity index (χ0n) is 11.5. The maximum atomic E-state index is 13.2. The van der Waals surface area contributed by atoms with Gasteiger partial charge in [-0.2, -0.15) is 4.31 Å². The van der Waals surface area contributed by atoms with E-state index in [4.69, 9.17) is 11.6 Å². The van der Waals surface area contributed by atoms with Gasteiger partial charge in [-0.05, 0) is 24.6 Å². The van der Waals surface area contributed by atoms with Crippen LogP contribution in [0.2, 0.25) is 4.47 Å². The molecule has 0 aliphatic heterocycles. The topological polar surface area (TPSA) is 50.3 Å². The predicted molar refractivity (Wildman–Crippen MR) is 81.5 cm³/mol. The van der Waals surface area contributed by atoms with E-state index in [1.165, 1.54) is 16.4 Å². The Morgan fingerprint density at radius 2 is 2.14 bits per heavy atom. The van der Waals surface area contributed by atoms with Crippen molar-refractivity contribution in [2.45, 2.75) is 24.6 Å². The van der Waals surface area contributed by atoms with E-state index in [1.54, 1.807) is 26.0 Å². The van der Waals surface area contributed by atoms with Gasteiger partial charge in [0, 0.05) is 13.1 Å². The molecule has 2 aromatic rings. The van der Waals surface area contributed by atoms with E-state index in [9.17, 15) is 12.8 Å². The number of thiazole rings is 1. The maximum Gasteiger partial charge on any atom is 0.254 e. The molecular formula is C13H14ClFN2O2S2. The standard InChI is InChI=1S/C13H14ClFN2O2S2/c1-3-17(8-10-5-4-6-11(15)7-10)21(18,19)12-9(2)16-13(14)20-12/h4-7H,3,8H2,1-2H3. The number of aromatic nitrogens is 1. The molecule has 2 rings (SSSR count). The van der Waals surface area contributed by atoms with Crippen LogP contribution in [0, 0.1) is 12.7 Å². The quantitative estimate of drug-likeness (QED) is 0.831. The van der Waals surface area contributed by atoms with Gasteiger partial charge >= 0.3 is 0 Å². The second-order valence-corrected chi connectivity index (χ2v) is 8.12. The van der Waals surface area contributed by atoms with Crippen molar-refractivity contribution in [3.05, 3.63) is 45.8 Å². The van der Waals surface area contributed by atoms with Crippen LogP contribution in [0.1, 0.15) is 18.2 Å². The summed E-state index contributed by atoms with van der Waals surface area (Å²) in [5.74, 6) is -0.391. The van der Waals surface area contributed by atoms with Crippen molar-refractivity contribution in [1.82, 2.24) is 9.29 Å². The molecule has 0 N–H and O–H groups in total. The van der Waals surface area contributed by atoms with Crippen molar-refractivity contribution in [3.63, 3.8) is 0 Å². The van der Waals surface area contributed by atoms with Crippen molar-refractivity contribution in [2.24, 2.45) is 0 Å². The third-order valence-corrected chi connectivity index (χ3v) is 6.67. The van der Waals surface area contributed by atoms with Crippen molar-refractivity contribution in [3.8, 4) is 0 Å². The van der Waals surface area contributed by atoms with Crippen molar-refractivity contribution in [2.75, 3.05) is 6.54 Å². The summed E-state index contributed by atoms with van der Waals surface area (Å²) in [5, 5.41) is 0. The van der Waals surface area contributed by atoms with Gasteiger partial charge in [-0.1, -0.05) is 42.0 Å². The third kappa shape index (κ3) is 3.60. The number of halogens is 2. The highest BCUT2D eigenvalue weighted by Gasteiger charge is 2.28. The second kappa shape index (κ2) is 6.39. The number of benzene rings is 1. The molecule has 0 aliphatic carbocycles. The first-order valence-electron chi connectivity index (χ1n) is 6.22. The highest BCUT2D eigenvalue weighted by atomic mass is 35.5. The van der Waals surface area contributed by atoms with Gasteiger partial charge in [0.05, 0.1) is 5.69 Å². The van der Waals surface area contributed by atoms with Crippen LogP contribution < -0.4 is 0 Å². The maximum absolute atomic E-state index is 13.2. The minimum atomic E-state index is -3.69. The van der Waals surface area contributed by atoms with Crippen LogP contribution in [0.5, 0.6) is 0 Å². The summed E-state index contributed by atoms with van der Waals surface area (Å²) >= 11 is 6.70. The van der Waals surface area contributed by atoms with E-state index in [1.807, 2.05) is 0 Å². The molecule has 0 unspecified atom stereocenters. The normalized spacial score (nSPS) is 12.0. The fourth-order valence-corrected chi connectivity index (χ4v) is 5.22. The third-order valence-electron chi connectivity index (χ3n) is 2.90. The Labute approximate surface area is 132 Å². The number of hydrogen-bond donors (Lipinski definition) is 0. The second-order valence-electron chi connectivity index (χ2n) is 4.40. The van der Waals surface area contributed by atoms with Gasteiger partial charge in [0.2, 0.25) is 0 Å². The van der Waals surface area contributed by atoms with Crippen LogP contribution in [-0.2, 0) is 16.6 Å². The first-order valence-corrected chi connectivity index (χ1v) is 8.85. The van der Waals surface area contributed by atoms with Crippen molar-refractivity contribution >= 4 is 33.0 Å². The Kier molecular flexibility index (Phi) is 4.98. The minimum Gasteiger partial charge on any atom is -0.229 e. The number of hydrogen-bond acceptors (Lipinski definition) is 4. The molecule has 0 bridgehead atoms. The summed E-state index contributed by atoms with van der Waals surface area (Å²) in [4.78, 5) is 3.93. The molecule has 0 amide bonds. The average Bonchev–Trinajstić information content (AvgIpc) is 2.75. The predicted octanol–water partition coefficient (Wildman–Crippen LogP) is 3.45. The molecule has 0 spiro atoms. The number of sulfonamides is 1. The minimum absolute atomic E-state index is 0.103. The molecule has 1 aromatic carbocycles. The van der Waals surface area contributed by atoms with Crippen molar-refractivity contribution < 1.29 is 12.8 Å². The van der Waals surface area contributed by atoms with Crippen LogP contribution in [0.3, 0.4) is 0 Å². The van der Waals surface area contributed by atoms with E-state index in [2.05, 4.69) is 4.98 Å². The van der Waals surface area contributed by atoms with Gasteiger partial charge in [-0.15, -0.1) is 0 Å². The van der Waals surface area contributed by atoms with Crippen molar-refractivity contribution in [1.29, 1.82) is 0 Å². The lowest BCUT2D eigenvalue weighted by Gasteiger charge is -2.19. The Hall–Kier alpha value is -1.02. The van der Waals surface area contributed by atoms with Gasteiger partial charge in [0.1, 0.15) is 5.82 Å². The molecule has 0 saturated carbocycles. The molecule has 1 heterocycles. The molecule has 21 heavy (non-hydrogen) atoms. The van der Waals surface area contributed by atoms with E-state index in [-0.39, 0.29) is 21.8 Å². The van der Waals surface area contributed by atoms with E-state index in [0.717, 1.165) is 11.3 Å². The molecule has 0 aliphatic rings. The van der Waals surface area contributed by atoms with Gasteiger partial charge in [0.25, 0.3) is 10.0 Å². The van der Waals surface area contributed by atoms with E-state index >= 15 is 0 Å². The SMILES string of the molecule is CCN(Cc1cccc(F)c1)S(=O)(=O)c1sc(Cl)nc1C. The Morgan fingerprint density at radius 3 is 2.67 bits per heavy atom. The molecule has 0 fully saturated rings. The zero-order chi connectivity index (χ0) is 15.6. The fraction of sp³-hybridized carbons (Fsp3) is 0.308. The Balaban J connectivity index is 2.34. The summed E-state index contributed by atoms with van der Waals surface area (Å²) in [6.07, 6.45) is 0. The summed E-state index contributed by atoms with van der Waals surface area (Å²) in [5.41, 5.74) is 0.969. The summed E-state index contributed by atoms with van der Waals surface area (Å²) in [6.45, 7) is 3.71. The molecule has 0 saturated heterocycles. The monoisotopic (exact) mass is 348 g/mol. The summed E-state index contributed by atoms with van der Waals surface area (Å²) in [6, 6.07) is 5.89. The molecule has 0 radical (unpaired) electrons. The molecule has 0 atom stereocenters. The lowest BCUT2D eigenvalue weighted by Crippen LogP contribution is -2.30. The smallest absolute Gasteiger partial charge is 0.229 e. The lowest BCUT2D eigenvalue weighted by atomic mass is 10.2. The van der Waals surface area contributed by atoms with Crippen LogP contribution in [-0.4, -0.2) is 24.3 Å². The first kappa shape index (κ1) is 16.4. The average molecular weight is 349 g/mol. The van der Waals surface area contributed by atoms with E-state index < -0.39 is 15.8 Å². The Bertz CT molecular complexity index is 746. The molecule has 8 heteroatoms. The summed E-state index contributed by atoms with van der Waals surface area (Å²) < 4.78 is 40.1. The fourth-order valence-electron chi connectivity index (χ4n) is 1.91. The van der Waals surface area contributed by atoms with Crippen LogP contribution >= 0.6 is 22.9 Å². The van der Waals surface area contributed by atoms with Crippen LogP contribution in [0.25, 0.3) is 0 Å². The Morgan fingerprint density at radius 1 is 1.43 bits per heavy atom. The highest BCUT2D eigenvalue weighted by Crippen LogP contribution is 2.30. The first-order chi connectivity index (χ1) is 9.84. The van der Waals surface area contributed by atoms with Crippen LogP contribution in [0.15, 0.2) is 28.5 Å². The molecule has 4 nitrogen and oxygen atoms in total. The van der Waals surface area contributed by atoms with E-state index in [0.29, 0.717) is 11.3 Å². The lowest BCUT2D eigenvalue weighted by molar-refractivity contribution is 0.423. The largest absolute Gasteiger partial charge is 0.254 e. The zero-order valence-corrected chi connectivity index (χ0v) is 13.9. The van der Waals surface area contributed by atoms with Gasteiger partial charge in [-0.25, -0.2) is 17.8 Å². The molecule has 1 aromatic heterocycles. The van der Waals surface area contributed by atoms with Gasteiger partial charge in [0.15, 0.2) is 8.68 Å². The van der Waals surface area contributed by atoms with Crippen LogP contribution in [0.4, 0.5) is 4.39 Å². The number of aryl methyl sites for hydroxylation is 1. The van der Waals surface area contributed by atoms with Gasteiger partial charge in [-0.3, -0.25) is 0 Å². The van der Waals surface area contributed by atoms with Gasteiger partial charge < -0.3 is 0 Å². The molecule has 114 valence electrons. The summed E-state index contributed by atoms with van der Waals surface area (Å²) in [7, 11) is -3.69. The molecular weight excluding hydrogens is 335 g/mol. The number of nitrogens with zero attached hydrogens (tertiary/aromatic N) is 2.